The maximum absolute atomic E-state index is 12.0. The summed E-state index contributed by atoms with van der Waals surface area (Å²) in [7, 11) is -3.83. The van der Waals surface area contributed by atoms with Crippen LogP contribution in [0.15, 0.2) is 29.2 Å². The summed E-state index contributed by atoms with van der Waals surface area (Å²) in [4.78, 5) is 22.6. The number of hydrogen-bond acceptors (Lipinski definition) is 4. The summed E-state index contributed by atoms with van der Waals surface area (Å²) in [5.74, 6) is -2.83. The summed E-state index contributed by atoms with van der Waals surface area (Å²) < 4.78 is 24.0. The SMILES string of the molecule is CCCC(NC(=O)CS(=O)(=O)c1ccc(Cl)cc1)C(=O)O. The lowest BCUT2D eigenvalue weighted by Crippen LogP contribution is -2.43. The fourth-order valence-corrected chi connectivity index (χ4v) is 2.95. The number of carbonyl (C=O) groups is 2. The average molecular weight is 334 g/mol. The molecule has 0 aliphatic carbocycles. The lowest BCUT2D eigenvalue weighted by Gasteiger charge is -2.13. The van der Waals surface area contributed by atoms with E-state index >= 15 is 0 Å². The first kappa shape index (κ1) is 17.5. The van der Waals surface area contributed by atoms with Gasteiger partial charge in [0.25, 0.3) is 0 Å². The molecule has 1 atom stereocenters. The Bertz CT molecular complexity index is 612. The third-order valence-corrected chi connectivity index (χ3v) is 4.59. The first-order valence-corrected chi connectivity index (χ1v) is 8.29. The summed E-state index contributed by atoms with van der Waals surface area (Å²) in [6.45, 7) is 1.77. The van der Waals surface area contributed by atoms with Gasteiger partial charge >= 0.3 is 5.97 Å². The summed E-state index contributed by atoms with van der Waals surface area (Å²) in [6.07, 6.45) is 0.795. The highest BCUT2D eigenvalue weighted by molar-refractivity contribution is 7.92. The Morgan fingerprint density at radius 2 is 1.86 bits per heavy atom. The van der Waals surface area contributed by atoms with Gasteiger partial charge in [0.1, 0.15) is 11.8 Å². The van der Waals surface area contributed by atoms with Crippen LogP contribution in [-0.4, -0.2) is 37.2 Å². The average Bonchev–Trinajstić information content (AvgIpc) is 2.37. The van der Waals surface area contributed by atoms with Gasteiger partial charge in [0.2, 0.25) is 5.91 Å². The van der Waals surface area contributed by atoms with Gasteiger partial charge in [-0.3, -0.25) is 4.79 Å². The molecule has 1 aromatic carbocycles. The number of halogens is 1. The second kappa shape index (κ2) is 7.42. The third-order valence-electron chi connectivity index (χ3n) is 2.70. The zero-order chi connectivity index (χ0) is 16.0. The number of amides is 1. The van der Waals surface area contributed by atoms with Crippen LogP contribution in [0.4, 0.5) is 0 Å². The second-order valence-corrected chi connectivity index (χ2v) is 6.89. The molecule has 6 nitrogen and oxygen atoms in total. The number of carbonyl (C=O) groups excluding carboxylic acids is 1. The molecule has 0 saturated carbocycles. The summed E-state index contributed by atoms with van der Waals surface area (Å²) >= 11 is 5.67. The van der Waals surface area contributed by atoms with Crippen LogP contribution in [0.1, 0.15) is 19.8 Å². The topological polar surface area (TPSA) is 101 Å². The highest BCUT2D eigenvalue weighted by atomic mass is 35.5. The van der Waals surface area contributed by atoms with E-state index in [1.165, 1.54) is 24.3 Å². The monoisotopic (exact) mass is 333 g/mol. The largest absolute Gasteiger partial charge is 0.480 e. The molecule has 0 spiro atoms. The Hall–Kier alpha value is -1.60. The quantitative estimate of drug-likeness (QED) is 0.787. The van der Waals surface area contributed by atoms with Gasteiger partial charge in [0.15, 0.2) is 9.84 Å². The van der Waals surface area contributed by atoms with Crippen molar-refractivity contribution < 1.29 is 23.1 Å². The lowest BCUT2D eigenvalue weighted by molar-refractivity contribution is -0.141. The molecule has 0 fully saturated rings. The van der Waals surface area contributed by atoms with E-state index in [0.717, 1.165) is 0 Å². The van der Waals surface area contributed by atoms with Crippen LogP contribution in [0.25, 0.3) is 0 Å². The molecule has 1 amide bonds. The van der Waals surface area contributed by atoms with Gasteiger partial charge in [-0.2, -0.15) is 0 Å². The van der Waals surface area contributed by atoms with Crippen molar-refractivity contribution in [2.24, 2.45) is 0 Å². The van der Waals surface area contributed by atoms with Crippen LogP contribution >= 0.6 is 11.6 Å². The number of hydrogen-bond donors (Lipinski definition) is 2. The molecule has 1 aromatic rings. The van der Waals surface area contributed by atoms with Gasteiger partial charge in [-0.25, -0.2) is 13.2 Å². The Kier molecular flexibility index (Phi) is 6.17. The molecule has 0 saturated heterocycles. The van der Waals surface area contributed by atoms with E-state index in [0.29, 0.717) is 11.4 Å². The molecule has 0 radical (unpaired) electrons. The predicted molar refractivity (Wildman–Crippen MR) is 78.0 cm³/mol. The highest BCUT2D eigenvalue weighted by Crippen LogP contribution is 2.15. The Balaban J connectivity index is 2.77. The van der Waals surface area contributed by atoms with Crippen molar-refractivity contribution in [2.75, 3.05) is 5.75 Å². The molecule has 0 aliphatic heterocycles. The van der Waals surface area contributed by atoms with Crippen LogP contribution in [0.2, 0.25) is 5.02 Å². The third kappa shape index (κ3) is 5.35. The van der Waals surface area contributed by atoms with Gasteiger partial charge < -0.3 is 10.4 Å². The van der Waals surface area contributed by atoms with Crippen molar-refractivity contribution in [1.82, 2.24) is 5.32 Å². The molecule has 0 aliphatic rings. The smallest absolute Gasteiger partial charge is 0.326 e. The standard InChI is InChI=1S/C13H16ClNO5S/c1-2-3-11(13(17)18)15-12(16)8-21(19,20)10-6-4-9(14)5-7-10/h4-7,11H,2-3,8H2,1H3,(H,15,16)(H,17,18). The number of carboxylic acids is 1. The molecule has 116 valence electrons. The maximum Gasteiger partial charge on any atom is 0.326 e. The van der Waals surface area contributed by atoms with E-state index in [2.05, 4.69) is 5.32 Å². The second-order valence-electron chi connectivity index (χ2n) is 4.46. The number of sulfone groups is 1. The number of benzene rings is 1. The molecule has 8 heteroatoms. The number of carboxylic acid groups (broad SMARTS) is 1. The Morgan fingerprint density at radius 3 is 2.33 bits per heavy atom. The van der Waals surface area contributed by atoms with E-state index in [9.17, 15) is 18.0 Å². The van der Waals surface area contributed by atoms with Crippen molar-refractivity contribution in [3.63, 3.8) is 0 Å². The van der Waals surface area contributed by atoms with Crippen molar-refractivity contribution in [3.8, 4) is 0 Å². The van der Waals surface area contributed by atoms with Crippen molar-refractivity contribution in [1.29, 1.82) is 0 Å². The number of aliphatic carboxylic acids is 1. The van der Waals surface area contributed by atoms with Crippen molar-refractivity contribution >= 4 is 33.3 Å². The molecule has 21 heavy (non-hydrogen) atoms. The summed E-state index contributed by atoms with van der Waals surface area (Å²) in [6, 6.07) is 4.33. The van der Waals surface area contributed by atoms with Crippen LogP contribution in [0.3, 0.4) is 0 Å². The molecule has 1 unspecified atom stereocenters. The van der Waals surface area contributed by atoms with E-state index in [-0.39, 0.29) is 11.3 Å². The first-order valence-electron chi connectivity index (χ1n) is 6.26. The van der Waals surface area contributed by atoms with Gasteiger partial charge in [-0.15, -0.1) is 0 Å². The molecular formula is C13H16ClNO5S. The van der Waals surface area contributed by atoms with Crippen LogP contribution in [0.5, 0.6) is 0 Å². The zero-order valence-electron chi connectivity index (χ0n) is 11.4. The minimum atomic E-state index is -3.83. The minimum absolute atomic E-state index is 0.0376. The summed E-state index contributed by atoms with van der Waals surface area (Å²) in [5, 5.41) is 11.5. The first-order chi connectivity index (χ1) is 9.76. The summed E-state index contributed by atoms with van der Waals surface area (Å²) in [5.41, 5.74) is 0. The molecule has 1 rings (SSSR count). The van der Waals surface area contributed by atoms with Gasteiger partial charge in [0, 0.05) is 5.02 Å². The Labute approximate surface area is 128 Å². The van der Waals surface area contributed by atoms with E-state index < -0.39 is 33.5 Å². The van der Waals surface area contributed by atoms with Crippen LogP contribution < -0.4 is 5.32 Å². The van der Waals surface area contributed by atoms with Crippen LogP contribution in [0, 0.1) is 0 Å². The molecular weight excluding hydrogens is 318 g/mol. The number of nitrogens with one attached hydrogen (secondary N) is 1. The van der Waals surface area contributed by atoms with Gasteiger partial charge in [0.05, 0.1) is 4.90 Å². The van der Waals surface area contributed by atoms with E-state index in [1.54, 1.807) is 6.92 Å². The van der Waals surface area contributed by atoms with E-state index in [1.807, 2.05) is 0 Å². The van der Waals surface area contributed by atoms with E-state index in [4.69, 9.17) is 16.7 Å². The normalized spacial score (nSPS) is 12.7. The van der Waals surface area contributed by atoms with Crippen LogP contribution in [-0.2, 0) is 19.4 Å². The Morgan fingerprint density at radius 1 is 1.29 bits per heavy atom. The van der Waals surface area contributed by atoms with Crippen molar-refractivity contribution in [2.45, 2.75) is 30.7 Å². The highest BCUT2D eigenvalue weighted by Gasteiger charge is 2.24. The molecule has 0 aromatic heterocycles. The molecule has 2 N–H and O–H groups in total. The predicted octanol–water partition coefficient (Wildman–Crippen LogP) is 1.48. The van der Waals surface area contributed by atoms with Gasteiger partial charge in [-0.1, -0.05) is 24.9 Å². The lowest BCUT2D eigenvalue weighted by atomic mass is 10.2. The zero-order valence-corrected chi connectivity index (χ0v) is 12.9. The molecule has 0 heterocycles. The fraction of sp³-hybridized carbons (Fsp3) is 0.385. The minimum Gasteiger partial charge on any atom is -0.480 e. The fourth-order valence-electron chi connectivity index (χ4n) is 1.68. The van der Waals surface area contributed by atoms with Gasteiger partial charge in [-0.05, 0) is 30.7 Å². The number of rotatable bonds is 7. The van der Waals surface area contributed by atoms with Crippen molar-refractivity contribution in [3.05, 3.63) is 29.3 Å². The molecule has 0 bridgehead atoms. The maximum atomic E-state index is 12.0.